The minimum absolute atomic E-state index is 0.197. The number of rotatable bonds is 4. The van der Waals surface area contributed by atoms with Gasteiger partial charge in [-0.1, -0.05) is 0 Å². The Bertz CT molecular complexity index is 274. The summed E-state index contributed by atoms with van der Waals surface area (Å²) >= 11 is 1.39. The summed E-state index contributed by atoms with van der Waals surface area (Å²) in [4.78, 5) is 0. The van der Waals surface area contributed by atoms with Gasteiger partial charge in [0.15, 0.2) is 0 Å². The number of hydrogen-bond acceptors (Lipinski definition) is 5. The summed E-state index contributed by atoms with van der Waals surface area (Å²) in [5.74, 6) is 0.609. The van der Waals surface area contributed by atoms with Crippen LogP contribution in [0.5, 0.6) is 0 Å². The van der Waals surface area contributed by atoms with Gasteiger partial charge in [0.1, 0.15) is 10.8 Å². The third kappa shape index (κ3) is 2.57. The molecule has 0 aromatic carbocycles. The number of methoxy groups -OCH3 is 1. The number of nitrogens with zero attached hydrogens (tertiary/aromatic N) is 1. The van der Waals surface area contributed by atoms with Gasteiger partial charge >= 0.3 is 0 Å². The van der Waals surface area contributed by atoms with Crippen molar-refractivity contribution in [1.82, 2.24) is 4.37 Å². The Morgan fingerprint density at radius 3 is 2.85 bits per heavy atom. The second-order valence-electron chi connectivity index (χ2n) is 2.95. The van der Waals surface area contributed by atoms with Gasteiger partial charge in [0, 0.05) is 19.2 Å². The lowest BCUT2D eigenvalue weighted by Crippen LogP contribution is -2.17. The number of nitrogens with two attached hydrogens (primary N) is 1. The lowest BCUT2D eigenvalue weighted by Gasteiger charge is -2.10. The van der Waals surface area contributed by atoms with Gasteiger partial charge < -0.3 is 15.8 Å². The van der Waals surface area contributed by atoms with E-state index in [0.29, 0.717) is 5.82 Å². The number of aromatic nitrogens is 1. The van der Waals surface area contributed by atoms with Crippen LogP contribution in [0.2, 0.25) is 0 Å². The van der Waals surface area contributed by atoms with E-state index in [1.165, 1.54) is 11.5 Å². The Labute approximate surface area is 82.3 Å². The van der Waals surface area contributed by atoms with Gasteiger partial charge in [0.05, 0.1) is 6.10 Å². The fourth-order valence-corrected chi connectivity index (χ4v) is 1.55. The van der Waals surface area contributed by atoms with Crippen LogP contribution < -0.4 is 11.1 Å². The van der Waals surface area contributed by atoms with E-state index in [1.54, 1.807) is 7.11 Å². The van der Waals surface area contributed by atoms with E-state index in [9.17, 15) is 0 Å². The molecule has 0 spiro atoms. The van der Waals surface area contributed by atoms with Crippen molar-refractivity contribution in [2.75, 3.05) is 24.7 Å². The predicted molar refractivity (Wildman–Crippen MR) is 56.2 cm³/mol. The van der Waals surface area contributed by atoms with Crippen LogP contribution in [0.15, 0.2) is 0 Å². The van der Waals surface area contributed by atoms with E-state index in [-0.39, 0.29) is 6.10 Å². The first-order valence-electron chi connectivity index (χ1n) is 4.13. The van der Waals surface area contributed by atoms with Gasteiger partial charge in [-0.05, 0) is 25.4 Å². The zero-order chi connectivity index (χ0) is 9.84. The molecule has 3 N–H and O–H groups in total. The number of hydrogen-bond donors (Lipinski definition) is 2. The number of nitrogen functional groups attached to an aromatic ring is 1. The molecule has 0 aliphatic heterocycles. The van der Waals surface area contributed by atoms with Crippen LogP contribution in [-0.2, 0) is 4.74 Å². The molecule has 13 heavy (non-hydrogen) atoms. The summed E-state index contributed by atoms with van der Waals surface area (Å²) in [5, 5.41) is 4.26. The van der Waals surface area contributed by atoms with Crippen LogP contribution >= 0.6 is 11.5 Å². The van der Waals surface area contributed by atoms with Gasteiger partial charge in [-0.3, -0.25) is 0 Å². The molecule has 1 rings (SSSR count). The molecular formula is C8H15N3OS. The molecule has 1 unspecified atom stereocenters. The Balaban J connectivity index is 2.50. The molecule has 1 heterocycles. The zero-order valence-electron chi connectivity index (χ0n) is 8.13. The van der Waals surface area contributed by atoms with Gasteiger partial charge in [-0.25, -0.2) is 0 Å². The summed E-state index contributed by atoms with van der Waals surface area (Å²) in [6.07, 6.45) is 0.197. The molecule has 4 nitrogen and oxygen atoms in total. The van der Waals surface area contributed by atoms with E-state index >= 15 is 0 Å². The summed E-state index contributed by atoms with van der Waals surface area (Å²) in [6, 6.07) is 0. The summed E-state index contributed by atoms with van der Waals surface area (Å²) in [5.41, 5.74) is 6.63. The largest absolute Gasteiger partial charge is 0.383 e. The highest BCUT2D eigenvalue weighted by Crippen LogP contribution is 2.24. The maximum absolute atomic E-state index is 5.61. The molecule has 74 valence electrons. The van der Waals surface area contributed by atoms with Crippen molar-refractivity contribution in [3.8, 4) is 0 Å². The van der Waals surface area contributed by atoms with Crippen LogP contribution in [-0.4, -0.2) is 24.1 Å². The van der Waals surface area contributed by atoms with Crippen molar-refractivity contribution in [3.05, 3.63) is 5.56 Å². The van der Waals surface area contributed by atoms with Crippen molar-refractivity contribution in [1.29, 1.82) is 0 Å². The van der Waals surface area contributed by atoms with Crippen molar-refractivity contribution in [2.24, 2.45) is 0 Å². The number of anilines is 2. The lowest BCUT2D eigenvalue weighted by atomic mass is 10.3. The lowest BCUT2D eigenvalue weighted by molar-refractivity contribution is 0.129. The van der Waals surface area contributed by atoms with Gasteiger partial charge in [0.25, 0.3) is 0 Å². The van der Waals surface area contributed by atoms with Crippen LogP contribution in [0.1, 0.15) is 12.5 Å². The Hall–Kier alpha value is -0.810. The topological polar surface area (TPSA) is 60.2 Å². The highest BCUT2D eigenvalue weighted by atomic mass is 32.1. The monoisotopic (exact) mass is 201 g/mol. The molecule has 0 saturated carbocycles. The second-order valence-corrected chi connectivity index (χ2v) is 3.72. The SMILES string of the molecule is COC(C)CNc1snc(N)c1C. The van der Waals surface area contributed by atoms with Crippen molar-refractivity contribution in [2.45, 2.75) is 20.0 Å². The van der Waals surface area contributed by atoms with E-state index in [2.05, 4.69) is 9.69 Å². The summed E-state index contributed by atoms with van der Waals surface area (Å²) in [7, 11) is 1.69. The Morgan fingerprint density at radius 1 is 1.69 bits per heavy atom. The normalized spacial score (nSPS) is 12.8. The maximum Gasteiger partial charge on any atom is 0.142 e. The first kappa shape index (κ1) is 10.3. The average molecular weight is 201 g/mol. The smallest absolute Gasteiger partial charge is 0.142 e. The Morgan fingerprint density at radius 2 is 2.38 bits per heavy atom. The quantitative estimate of drug-likeness (QED) is 0.774. The van der Waals surface area contributed by atoms with Crippen molar-refractivity contribution in [3.63, 3.8) is 0 Å². The average Bonchev–Trinajstić information content (AvgIpc) is 2.44. The molecule has 0 amide bonds. The first-order valence-corrected chi connectivity index (χ1v) is 4.91. The van der Waals surface area contributed by atoms with Crippen molar-refractivity contribution < 1.29 is 4.74 Å². The minimum atomic E-state index is 0.197. The summed E-state index contributed by atoms with van der Waals surface area (Å²) < 4.78 is 9.15. The van der Waals surface area contributed by atoms with E-state index in [1.807, 2.05) is 13.8 Å². The third-order valence-electron chi connectivity index (χ3n) is 1.91. The van der Waals surface area contributed by atoms with Gasteiger partial charge in [-0.2, -0.15) is 4.37 Å². The van der Waals surface area contributed by atoms with E-state index in [4.69, 9.17) is 10.5 Å². The maximum atomic E-state index is 5.61. The number of nitrogens with one attached hydrogen (secondary N) is 1. The second kappa shape index (κ2) is 4.43. The zero-order valence-corrected chi connectivity index (χ0v) is 8.94. The molecule has 0 aliphatic rings. The van der Waals surface area contributed by atoms with Crippen LogP contribution in [0, 0.1) is 6.92 Å². The van der Waals surface area contributed by atoms with Gasteiger partial charge in [0.2, 0.25) is 0 Å². The molecule has 0 radical (unpaired) electrons. The molecule has 0 aliphatic carbocycles. The minimum Gasteiger partial charge on any atom is -0.383 e. The van der Waals surface area contributed by atoms with Crippen LogP contribution in [0.4, 0.5) is 10.8 Å². The molecule has 1 atom stereocenters. The molecular weight excluding hydrogens is 186 g/mol. The van der Waals surface area contributed by atoms with E-state index < -0.39 is 0 Å². The molecule has 1 aromatic heterocycles. The molecule has 5 heteroatoms. The standard InChI is InChI=1S/C8H15N3OS/c1-5(12-3)4-10-8-6(2)7(9)11-13-8/h5,10H,4H2,1-3H3,(H2,9,11). The van der Waals surface area contributed by atoms with Crippen LogP contribution in [0.3, 0.4) is 0 Å². The third-order valence-corrected chi connectivity index (χ3v) is 2.83. The molecule has 0 bridgehead atoms. The predicted octanol–water partition coefficient (Wildman–Crippen LogP) is 1.48. The molecule has 0 fully saturated rings. The van der Waals surface area contributed by atoms with Gasteiger partial charge in [-0.15, -0.1) is 0 Å². The van der Waals surface area contributed by atoms with E-state index in [0.717, 1.165) is 17.1 Å². The number of ether oxygens (including phenoxy) is 1. The first-order chi connectivity index (χ1) is 6.15. The fourth-order valence-electron chi connectivity index (χ4n) is 0.833. The highest BCUT2D eigenvalue weighted by molar-refractivity contribution is 7.10. The highest BCUT2D eigenvalue weighted by Gasteiger charge is 2.07. The summed E-state index contributed by atoms with van der Waals surface area (Å²) in [6.45, 7) is 4.74. The fraction of sp³-hybridized carbons (Fsp3) is 0.625. The molecule has 1 aromatic rings. The Kier molecular flexibility index (Phi) is 3.50. The van der Waals surface area contributed by atoms with Crippen molar-refractivity contribution >= 4 is 22.4 Å². The van der Waals surface area contributed by atoms with Crippen LogP contribution in [0.25, 0.3) is 0 Å². The molecule has 0 saturated heterocycles.